The molecule has 1 aromatic heterocycles. The van der Waals surface area contributed by atoms with Crippen LogP contribution in [0.1, 0.15) is 11.4 Å². The fourth-order valence-corrected chi connectivity index (χ4v) is 1.55. The molecule has 0 aliphatic carbocycles. The third-order valence-corrected chi connectivity index (χ3v) is 2.37. The zero-order valence-electron chi connectivity index (χ0n) is 9.76. The van der Waals surface area contributed by atoms with E-state index in [1.807, 2.05) is 0 Å². The highest BCUT2D eigenvalue weighted by Crippen LogP contribution is 2.22. The number of nitrogens with zero attached hydrogens (tertiary/aromatic N) is 3. The normalized spacial score (nSPS) is 11.6. The van der Waals surface area contributed by atoms with Gasteiger partial charge in [-0.15, -0.1) is 13.2 Å². The molecule has 0 fully saturated rings. The van der Waals surface area contributed by atoms with Crippen molar-refractivity contribution < 1.29 is 17.9 Å². The molecule has 2 aromatic rings. The molecule has 2 N–H and O–H groups in total. The van der Waals surface area contributed by atoms with Crippen LogP contribution < -0.4 is 10.5 Å². The van der Waals surface area contributed by atoms with Crippen molar-refractivity contribution in [2.45, 2.75) is 19.5 Å². The lowest BCUT2D eigenvalue weighted by molar-refractivity contribution is -0.274. The summed E-state index contributed by atoms with van der Waals surface area (Å²) < 4.78 is 41.3. The van der Waals surface area contributed by atoms with Crippen molar-refractivity contribution in [1.29, 1.82) is 0 Å². The van der Waals surface area contributed by atoms with Gasteiger partial charge < -0.3 is 10.5 Å². The maximum Gasteiger partial charge on any atom is 0.573 e. The number of hydrogen-bond acceptors (Lipinski definition) is 4. The summed E-state index contributed by atoms with van der Waals surface area (Å²) in [6.07, 6.45) is -3.30. The molecule has 0 atom stereocenters. The molecule has 0 spiro atoms. The molecular weight excluding hydrogens is 261 g/mol. The summed E-state index contributed by atoms with van der Waals surface area (Å²) in [6.45, 7) is 0.633. The lowest BCUT2D eigenvalue weighted by Gasteiger charge is -2.09. The second-order valence-corrected chi connectivity index (χ2v) is 3.73. The molecule has 0 bridgehead atoms. The Labute approximate surface area is 106 Å². The SMILES string of the molecule is NCc1ncnn1Cc1ccc(OC(F)(F)F)cc1. The Hall–Kier alpha value is -2.09. The van der Waals surface area contributed by atoms with Crippen molar-refractivity contribution in [2.24, 2.45) is 5.73 Å². The van der Waals surface area contributed by atoms with Crippen LogP contribution in [0.3, 0.4) is 0 Å². The number of nitrogens with two attached hydrogens (primary N) is 1. The monoisotopic (exact) mass is 272 g/mol. The van der Waals surface area contributed by atoms with E-state index in [1.165, 1.54) is 30.6 Å². The highest BCUT2D eigenvalue weighted by molar-refractivity contribution is 5.27. The molecule has 8 heteroatoms. The van der Waals surface area contributed by atoms with Gasteiger partial charge in [0, 0.05) is 0 Å². The van der Waals surface area contributed by atoms with Crippen LogP contribution in [0.5, 0.6) is 5.75 Å². The van der Waals surface area contributed by atoms with Crippen LogP contribution in [0.15, 0.2) is 30.6 Å². The minimum Gasteiger partial charge on any atom is -0.406 e. The van der Waals surface area contributed by atoms with Gasteiger partial charge in [-0.3, -0.25) is 0 Å². The van der Waals surface area contributed by atoms with Gasteiger partial charge in [0.05, 0.1) is 13.1 Å². The molecule has 0 amide bonds. The van der Waals surface area contributed by atoms with Gasteiger partial charge in [0.1, 0.15) is 17.9 Å². The van der Waals surface area contributed by atoms with Gasteiger partial charge in [-0.25, -0.2) is 9.67 Å². The van der Waals surface area contributed by atoms with Crippen molar-refractivity contribution in [1.82, 2.24) is 14.8 Å². The Morgan fingerprint density at radius 1 is 1.21 bits per heavy atom. The van der Waals surface area contributed by atoms with Crippen molar-refractivity contribution in [3.05, 3.63) is 42.0 Å². The number of aromatic nitrogens is 3. The van der Waals surface area contributed by atoms with Crippen LogP contribution in [0.25, 0.3) is 0 Å². The topological polar surface area (TPSA) is 66.0 Å². The van der Waals surface area contributed by atoms with E-state index in [0.717, 1.165) is 5.56 Å². The van der Waals surface area contributed by atoms with Gasteiger partial charge >= 0.3 is 6.36 Å². The van der Waals surface area contributed by atoms with Crippen LogP contribution >= 0.6 is 0 Å². The summed E-state index contributed by atoms with van der Waals surface area (Å²) in [5, 5.41) is 3.98. The number of hydrogen-bond donors (Lipinski definition) is 1. The third kappa shape index (κ3) is 3.68. The quantitative estimate of drug-likeness (QED) is 0.919. The first-order valence-corrected chi connectivity index (χ1v) is 5.39. The van der Waals surface area contributed by atoms with Crippen LogP contribution in [-0.4, -0.2) is 21.1 Å². The summed E-state index contributed by atoms with van der Waals surface area (Å²) in [5.41, 5.74) is 6.25. The lowest BCUT2D eigenvalue weighted by atomic mass is 10.2. The molecule has 0 aliphatic rings. The van der Waals surface area contributed by atoms with E-state index in [9.17, 15) is 13.2 Å². The molecule has 0 unspecified atom stereocenters. The van der Waals surface area contributed by atoms with Crippen LogP contribution in [0.2, 0.25) is 0 Å². The van der Waals surface area contributed by atoms with Gasteiger partial charge in [0.2, 0.25) is 0 Å². The summed E-state index contributed by atoms with van der Waals surface area (Å²) in [6, 6.07) is 5.57. The molecule has 0 radical (unpaired) electrons. The summed E-state index contributed by atoms with van der Waals surface area (Å²) >= 11 is 0. The predicted molar refractivity (Wildman–Crippen MR) is 60.1 cm³/mol. The molecule has 0 saturated carbocycles. The fourth-order valence-electron chi connectivity index (χ4n) is 1.55. The molecule has 5 nitrogen and oxygen atoms in total. The molecular formula is C11H11F3N4O. The Morgan fingerprint density at radius 3 is 2.47 bits per heavy atom. The van der Waals surface area contributed by atoms with Gasteiger partial charge in [-0.05, 0) is 17.7 Å². The molecule has 2 rings (SSSR count). The number of rotatable bonds is 4. The van der Waals surface area contributed by atoms with Gasteiger partial charge in [-0.1, -0.05) is 12.1 Å². The van der Waals surface area contributed by atoms with Crippen molar-refractivity contribution in [2.75, 3.05) is 0 Å². The zero-order chi connectivity index (χ0) is 13.9. The Kier molecular flexibility index (Phi) is 3.70. The maximum absolute atomic E-state index is 12.0. The minimum absolute atomic E-state index is 0.245. The highest BCUT2D eigenvalue weighted by atomic mass is 19.4. The smallest absolute Gasteiger partial charge is 0.406 e. The first kappa shape index (κ1) is 13.3. The second-order valence-electron chi connectivity index (χ2n) is 3.73. The fraction of sp³-hybridized carbons (Fsp3) is 0.273. The van der Waals surface area contributed by atoms with Crippen molar-refractivity contribution >= 4 is 0 Å². The molecule has 19 heavy (non-hydrogen) atoms. The Balaban J connectivity index is 2.07. The van der Waals surface area contributed by atoms with Crippen LogP contribution in [-0.2, 0) is 13.1 Å². The molecule has 1 heterocycles. The van der Waals surface area contributed by atoms with E-state index >= 15 is 0 Å². The standard InChI is InChI=1S/C11H11F3N4O/c12-11(13,14)19-9-3-1-8(2-4-9)6-18-10(5-15)16-7-17-18/h1-4,7H,5-6,15H2. The molecule has 0 saturated heterocycles. The highest BCUT2D eigenvalue weighted by Gasteiger charge is 2.30. The van der Waals surface area contributed by atoms with Gasteiger partial charge in [0.15, 0.2) is 0 Å². The van der Waals surface area contributed by atoms with E-state index in [0.29, 0.717) is 12.4 Å². The zero-order valence-corrected chi connectivity index (χ0v) is 9.76. The first-order valence-electron chi connectivity index (χ1n) is 5.39. The summed E-state index contributed by atoms with van der Waals surface area (Å²) in [7, 11) is 0. The first-order chi connectivity index (χ1) is 8.98. The van der Waals surface area contributed by atoms with Crippen molar-refractivity contribution in [3.63, 3.8) is 0 Å². The predicted octanol–water partition coefficient (Wildman–Crippen LogP) is 1.68. The number of halogens is 3. The van der Waals surface area contributed by atoms with Crippen LogP contribution in [0.4, 0.5) is 13.2 Å². The van der Waals surface area contributed by atoms with Gasteiger partial charge in [-0.2, -0.15) is 5.10 Å². The van der Waals surface area contributed by atoms with Gasteiger partial charge in [0.25, 0.3) is 0 Å². The largest absolute Gasteiger partial charge is 0.573 e. The Bertz CT molecular complexity index is 536. The summed E-state index contributed by atoms with van der Waals surface area (Å²) in [5.74, 6) is 0.351. The average molecular weight is 272 g/mol. The summed E-state index contributed by atoms with van der Waals surface area (Å²) in [4.78, 5) is 3.95. The Morgan fingerprint density at radius 2 is 1.89 bits per heavy atom. The lowest BCUT2D eigenvalue weighted by Crippen LogP contribution is -2.17. The molecule has 102 valence electrons. The molecule has 1 aromatic carbocycles. The number of benzene rings is 1. The average Bonchev–Trinajstić information content (AvgIpc) is 2.77. The van der Waals surface area contributed by atoms with E-state index in [-0.39, 0.29) is 12.3 Å². The third-order valence-electron chi connectivity index (χ3n) is 2.37. The van der Waals surface area contributed by atoms with E-state index in [4.69, 9.17) is 5.73 Å². The minimum atomic E-state index is -4.68. The maximum atomic E-state index is 12.0. The van der Waals surface area contributed by atoms with E-state index in [2.05, 4.69) is 14.8 Å². The number of ether oxygens (including phenoxy) is 1. The number of alkyl halides is 3. The molecule has 0 aliphatic heterocycles. The van der Waals surface area contributed by atoms with Crippen molar-refractivity contribution in [3.8, 4) is 5.75 Å². The second kappa shape index (κ2) is 5.27. The van der Waals surface area contributed by atoms with E-state index in [1.54, 1.807) is 4.68 Å². The van der Waals surface area contributed by atoms with E-state index < -0.39 is 6.36 Å². The van der Waals surface area contributed by atoms with Crippen LogP contribution in [0, 0.1) is 0 Å².